The van der Waals surface area contributed by atoms with Crippen LogP contribution in [0.5, 0.6) is 11.5 Å². The van der Waals surface area contributed by atoms with Crippen LogP contribution < -0.4 is 14.8 Å². The number of nitrogens with zero attached hydrogens (tertiary/aromatic N) is 1. The molecule has 1 heterocycles. The summed E-state index contributed by atoms with van der Waals surface area (Å²) in [5.74, 6) is 0.0128. The molecule has 132 valence electrons. The fourth-order valence-corrected chi connectivity index (χ4v) is 2.85. The van der Waals surface area contributed by atoms with E-state index in [9.17, 15) is 9.59 Å². The molecular formula is C17H24N2O5. The van der Waals surface area contributed by atoms with Gasteiger partial charge in [0.1, 0.15) is 6.04 Å². The van der Waals surface area contributed by atoms with Crippen LogP contribution in [-0.4, -0.2) is 60.8 Å². The number of rotatable bonds is 7. The van der Waals surface area contributed by atoms with Gasteiger partial charge in [-0.25, -0.2) is 0 Å². The largest absolute Gasteiger partial charge is 0.490 e. The van der Waals surface area contributed by atoms with E-state index in [0.717, 1.165) is 0 Å². The average molecular weight is 336 g/mol. The van der Waals surface area contributed by atoms with Crippen molar-refractivity contribution in [3.63, 3.8) is 0 Å². The Morgan fingerprint density at radius 3 is 2.50 bits per heavy atom. The summed E-state index contributed by atoms with van der Waals surface area (Å²) in [7, 11) is 1.75. The lowest BCUT2D eigenvalue weighted by Gasteiger charge is -2.15. The fourth-order valence-electron chi connectivity index (χ4n) is 2.85. The molecule has 1 aliphatic heterocycles. The standard InChI is InChI=1S/C17H24N2O5/c1-4-23-14-7-6-11(8-15(14)24-5-2)16(20)18-12-9-13(17(21)22)19(3)10-12/h6-8,12-13H,4-5,9-10H2,1-3H3,(H,18,20)(H,21,22)/t12-,13-/m0/s1. The molecule has 24 heavy (non-hydrogen) atoms. The highest BCUT2D eigenvalue weighted by molar-refractivity contribution is 5.95. The third-order valence-electron chi connectivity index (χ3n) is 3.97. The lowest BCUT2D eigenvalue weighted by Crippen LogP contribution is -2.36. The average Bonchev–Trinajstić information content (AvgIpc) is 2.90. The quantitative estimate of drug-likeness (QED) is 0.782. The van der Waals surface area contributed by atoms with Crippen molar-refractivity contribution in [1.29, 1.82) is 0 Å². The fraction of sp³-hybridized carbons (Fsp3) is 0.529. The van der Waals surface area contributed by atoms with E-state index in [0.29, 0.717) is 43.2 Å². The molecule has 2 rings (SSSR count). The molecule has 0 spiro atoms. The normalized spacial score (nSPS) is 20.6. The summed E-state index contributed by atoms with van der Waals surface area (Å²) in [6.07, 6.45) is 0.396. The number of carboxylic acids is 1. The molecule has 1 amide bonds. The zero-order valence-electron chi connectivity index (χ0n) is 14.2. The Kier molecular flexibility index (Phi) is 6.03. The highest BCUT2D eigenvalue weighted by Gasteiger charge is 2.35. The molecule has 1 aromatic rings. The van der Waals surface area contributed by atoms with Gasteiger partial charge in [0.2, 0.25) is 0 Å². The lowest BCUT2D eigenvalue weighted by atomic mass is 10.1. The van der Waals surface area contributed by atoms with E-state index in [1.165, 1.54) is 0 Å². The van der Waals surface area contributed by atoms with E-state index >= 15 is 0 Å². The first-order valence-corrected chi connectivity index (χ1v) is 8.09. The van der Waals surface area contributed by atoms with Crippen molar-refractivity contribution in [2.75, 3.05) is 26.8 Å². The minimum absolute atomic E-state index is 0.189. The number of carbonyl (C=O) groups is 2. The Hall–Kier alpha value is -2.28. The van der Waals surface area contributed by atoms with E-state index in [1.54, 1.807) is 30.1 Å². The molecule has 0 aliphatic carbocycles. The van der Waals surface area contributed by atoms with Gasteiger partial charge in [0.05, 0.1) is 13.2 Å². The molecule has 1 fully saturated rings. The van der Waals surface area contributed by atoms with Crippen molar-refractivity contribution < 1.29 is 24.2 Å². The number of likely N-dealkylation sites (N-methyl/N-ethyl adjacent to an activating group) is 1. The number of nitrogens with one attached hydrogen (secondary N) is 1. The van der Waals surface area contributed by atoms with Crippen LogP contribution in [0.1, 0.15) is 30.6 Å². The highest BCUT2D eigenvalue weighted by Crippen LogP contribution is 2.28. The van der Waals surface area contributed by atoms with E-state index in [2.05, 4.69) is 5.32 Å². The monoisotopic (exact) mass is 336 g/mol. The SMILES string of the molecule is CCOc1ccc(C(=O)N[C@H]2C[C@@H](C(=O)O)N(C)C2)cc1OCC. The molecule has 0 radical (unpaired) electrons. The Balaban J connectivity index is 2.07. The van der Waals surface area contributed by atoms with Gasteiger partial charge < -0.3 is 19.9 Å². The van der Waals surface area contributed by atoms with Crippen LogP contribution in [0.25, 0.3) is 0 Å². The summed E-state index contributed by atoms with van der Waals surface area (Å²) in [5.41, 5.74) is 0.461. The molecule has 1 saturated heterocycles. The number of likely N-dealkylation sites (tertiary alicyclic amines) is 1. The van der Waals surface area contributed by atoms with Crippen molar-refractivity contribution in [3.8, 4) is 11.5 Å². The molecule has 1 aliphatic rings. The smallest absolute Gasteiger partial charge is 0.320 e. The second-order valence-electron chi connectivity index (χ2n) is 5.73. The van der Waals surface area contributed by atoms with Crippen LogP contribution in [0.2, 0.25) is 0 Å². The molecule has 0 bridgehead atoms. The molecule has 7 heteroatoms. The Labute approximate surface area is 141 Å². The van der Waals surface area contributed by atoms with Gasteiger partial charge in [-0.05, 0) is 45.5 Å². The Morgan fingerprint density at radius 1 is 1.25 bits per heavy atom. The molecule has 0 unspecified atom stereocenters. The molecule has 7 nitrogen and oxygen atoms in total. The van der Waals surface area contributed by atoms with Gasteiger partial charge in [-0.15, -0.1) is 0 Å². The highest BCUT2D eigenvalue weighted by atomic mass is 16.5. The van der Waals surface area contributed by atoms with Crippen molar-refractivity contribution in [3.05, 3.63) is 23.8 Å². The second-order valence-corrected chi connectivity index (χ2v) is 5.73. The van der Waals surface area contributed by atoms with Crippen molar-refractivity contribution >= 4 is 11.9 Å². The summed E-state index contributed by atoms with van der Waals surface area (Å²) < 4.78 is 11.0. The van der Waals surface area contributed by atoms with Crippen LogP contribution in [0.4, 0.5) is 0 Å². The van der Waals surface area contributed by atoms with E-state index in [1.807, 2.05) is 13.8 Å². The summed E-state index contributed by atoms with van der Waals surface area (Å²) in [5, 5.41) is 12.0. The molecule has 0 saturated carbocycles. The minimum atomic E-state index is -0.867. The maximum absolute atomic E-state index is 12.4. The van der Waals surface area contributed by atoms with Gasteiger partial charge in [-0.3, -0.25) is 14.5 Å². The number of benzene rings is 1. The number of ether oxygens (including phenoxy) is 2. The maximum atomic E-state index is 12.4. The van der Waals surface area contributed by atoms with Crippen LogP contribution in [0, 0.1) is 0 Å². The van der Waals surface area contributed by atoms with Gasteiger partial charge in [-0.2, -0.15) is 0 Å². The summed E-state index contributed by atoms with van der Waals surface area (Å²) in [6.45, 7) is 5.24. The number of aliphatic carboxylic acids is 1. The zero-order chi connectivity index (χ0) is 17.7. The third kappa shape index (κ3) is 4.17. The third-order valence-corrected chi connectivity index (χ3v) is 3.97. The second kappa shape index (κ2) is 8.01. The van der Waals surface area contributed by atoms with Crippen molar-refractivity contribution in [2.45, 2.75) is 32.4 Å². The molecule has 2 N–H and O–H groups in total. The topological polar surface area (TPSA) is 88.1 Å². The maximum Gasteiger partial charge on any atom is 0.320 e. The number of carboxylic acid groups (broad SMARTS) is 1. The first kappa shape index (κ1) is 18.1. The lowest BCUT2D eigenvalue weighted by molar-refractivity contribution is -0.141. The number of carbonyl (C=O) groups excluding carboxylic acids is 1. The first-order valence-electron chi connectivity index (χ1n) is 8.09. The van der Waals surface area contributed by atoms with Gasteiger partial charge in [-0.1, -0.05) is 0 Å². The first-order chi connectivity index (χ1) is 11.5. The zero-order valence-corrected chi connectivity index (χ0v) is 14.2. The van der Waals surface area contributed by atoms with Gasteiger partial charge in [0.15, 0.2) is 11.5 Å². The summed E-state index contributed by atoms with van der Waals surface area (Å²) in [6, 6.07) is 4.29. The predicted octanol–water partition coefficient (Wildman–Crippen LogP) is 1.37. The number of amides is 1. The van der Waals surface area contributed by atoms with E-state index in [4.69, 9.17) is 14.6 Å². The predicted molar refractivity (Wildman–Crippen MR) is 88.7 cm³/mol. The van der Waals surface area contributed by atoms with Crippen LogP contribution in [0.15, 0.2) is 18.2 Å². The van der Waals surface area contributed by atoms with Gasteiger partial charge in [0, 0.05) is 18.2 Å². The van der Waals surface area contributed by atoms with E-state index in [-0.39, 0.29) is 11.9 Å². The minimum Gasteiger partial charge on any atom is -0.490 e. The van der Waals surface area contributed by atoms with Crippen molar-refractivity contribution in [1.82, 2.24) is 10.2 Å². The van der Waals surface area contributed by atoms with Gasteiger partial charge in [0.25, 0.3) is 5.91 Å². The Morgan fingerprint density at radius 2 is 1.92 bits per heavy atom. The van der Waals surface area contributed by atoms with Crippen molar-refractivity contribution in [2.24, 2.45) is 0 Å². The summed E-state index contributed by atoms with van der Waals surface area (Å²) >= 11 is 0. The van der Waals surface area contributed by atoms with E-state index < -0.39 is 12.0 Å². The van der Waals surface area contributed by atoms with Gasteiger partial charge >= 0.3 is 5.97 Å². The Bertz CT molecular complexity index is 605. The molecule has 0 aromatic heterocycles. The van der Waals surface area contributed by atoms with Crippen LogP contribution in [0.3, 0.4) is 0 Å². The van der Waals surface area contributed by atoms with Crippen LogP contribution >= 0.6 is 0 Å². The molecule has 2 atom stereocenters. The number of hydrogen-bond acceptors (Lipinski definition) is 5. The summed E-state index contributed by atoms with van der Waals surface area (Å²) in [4.78, 5) is 25.3. The number of hydrogen-bond donors (Lipinski definition) is 2. The van der Waals surface area contributed by atoms with Crippen LogP contribution in [-0.2, 0) is 4.79 Å². The molecule has 1 aromatic carbocycles. The molecular weight excluding hydrogens is 312 g/mol.